The minimum absolute atomic E-state index is 0.276. The average molecular weight is 427 g/mol. The normalized spacial score (nSPS) is 17.7. The van der Waals surface area contributed by atoms with Crippen LogP contribution in [0.1, 0.15) is 18.9 Å². The molecule has 7 heteroatoms. The van der Waals surface area contributed by atoms with Gasteiger partial charge in [-0.2, -0.15) is 0 Å². The second-order valence-electron chi connectivity index (χ2n) is 7.34. The van der Waals surface area contributed by atoms with Crippen LogP contribution >= 0.6 is 11.3 Å². The monoisotopic (exact) mass is 426 g/mol. The van der Waals surface area contributed by atoms with E-state index in [2.05, 4.69) is 18.3 Å². The Morgan fingerprint density at radius 3 is 2.83 bits per heavy atom. The maximum atomic E-state index is 14.1. The summed E-state index contributed by atoms with van der Waals surface area (Å²) in [4.78, 5) is 0.276. The molecule has 0 spiro atoms. The second-order valence-corrected chi connectivity index (χ2v) is 10.0. The molecule has 4 nitrogen and oxygen atoms in total. The minimum atomic E-state index is -3.83. The number of benzene rings is 2. The highest BCUT2D eigenvalue weighted by molar-refractivity contribution is 7.90. The number of thiophene rings is 1. The van der Waals surface area contributed by atoms with E-state index in [1.807, 2.05) is 24.3 Å². The lowest BCUT2D eigenvalue weighted by Gasteiger charge is -2.20. The predicted molar refractivity (Wildman–Crippen MR) is 116 cm³/mol. The smallest absolute Gasteiger partial charge is 0.269 e. The fourth-order valence-electron chi connectivity index (χ4n) is 3.98. The Morgan fingerprint density at radius 2 is 2.00 bits per heavy atom. The molecule has 0 amide bonds. The first-order valence-electron chi connectivity index (χ1n) is 9.40. The van der Waals surface area contributed by atoms with Crippen molar-refractivity contribution in [3.8, 4) is 0 Å². The summed E-state index contributed by atoms with van der Waals surface area (Å²) >= 11 is 1.41. The Bertz CT molecular complexity index is 1380. The summed E-state index contributed by atoms with van der Waals surface area (Å²) in [5.74, 6) is -0.377. The maximum Gasteiger partial charge on any atom is 0.269 e. The highest BCUT2D eigenvalue weighted by Gasteiger charge is 2.26. The summed E-state index contributed by atoms with van der Waals surface area (Å²) in [6.07, 6.45) is 4.46. The van der Waals surface area contributed by atoms with Gasteiger partial charge < -0.3 is 5.32 Å². The van der Waals surface area contributed by atoms with Crippen molar-refractivity contribution in [2.24, 2.45) is 0 Å². The zero-order valence-corrected chi connectivity index (χ0v) is 17.4. The molecule has 0 radical (unpaired) electrons. The molecule has 0 saturated carbocycles. The Balaban J connectivity index is 1.76. The molecule has 29 heavy (non-hydrogen) atoms. The fourth-order valence-corrected chi connectivity index (χ4v) is 6.82. The minimum Gasteiger partial charge on any atom is -0.310 e. The average Bonchev–Trinajstić information content (AvgIpc) is 3.30. The topological polar surface area (TPSA) is 51.1 Å². The van der Waals surface area contributed by atoms with Crippen molar-refractivity contribution >= 4 is 47.9 Å². The van der Waals surface area contributed by atoms with Gasteiger partial charge in [-0.05, 0) is 43.2 Å². The van der Waals surface area contributed by atoms with Gasteiger partial charge >= 0.3 is 0 Å². The van der Waals surface area contributed by atoms with Gasteiger partial charge in [0.25, 0.3) is 10.0 Å². The summed E-state index contributed by atoms with van der Waals surface area (Å²) in [6, 6.07) is 12.0. The number of fused-ring (bicyclic) bond motifs is 2. The van der Waals surface area contributed by atoms with Gasteiger partial charge in [-0.3, -0.25) is 0 Å². The van der Waals surface area contributed by atoms with E-state index in [1.165, 1.54) is 27.4 Å². The van der Waals surface area contributed by atoms with Gasteiger partial charge in [0.2, 0.25) is 0 Å². The zero-order valence-electron chi connectivity index (χ0n) is 15.7. The molecule has 0 fully saturated rings. The molecule has 2 aromatic carbocycles. The van der Waals surface area contributed by atoms with Crippen molar-refractivity contribution < 1.29 is 12.8 Å². The largest absolute Gasteiger partial charge is 0.310 e. The number of nitrogens with zero attached hydrogens (tertiary/aromatic N) is 1. The number of rotatable bonds is 3. The Hall–Kier alpha value is -2.48. The van der Waals surface area contributed by atoms with Gasteiger partial charge in [0.1, 0.15) is 10.7 Å². The molecule has 1 aliphatic heterocycles. The maximum absolute atomic E-state index is 14.1. The summed E-state index contributed by atoms with van der Waals surface area (Å²) in [6.45, 7) is 2.79. The number of nitrogens with one attached hydrogen (secondary N) is 1. The molecule has 5 rings (SSSR count). The van der Waals surface area contributed by atoms with Crippen LogP contribution in [0.5, 0.6) is 0 Å². The second kappa shape index (κ2) is 6.79. The summed E-state index contributed by atoms with van der Waals surface area (Å²) < 4.78 is 43.5. The molecule has 1 aliphatic rings. The highest BCUT2D eigenvalue weighted by Crippen LogP contribution is 2.36. The van der Waals surface area contributed by atoms with E-state index >= 15 is 0 Å². The molecule has 2 aromatic heterocycles. The Morgan fingerprint density at radius 1 is 1.17 bits per heavy atom. The molecule has 1 atom stereocenters. The van der Waals surface area contributed by atoms with Crippen LogP contribution in [-0.2, 0) is 10.0 Å². The molecule has 3 heterocycles. The van der Waals surface area contributed by atoms with Gasteiger partial charge in [0, 0.05) is 45.2 Å². The lowest BCUT2D eigenvalue weighted by Crippen LogP contribution is -2.29. The molecule has 4 aromatic rings. The van der Waals surface area contributed by atoms with Gasteiger partial charge in [0.15, 0.2) is 0 Å². The number of halogens is 1. The van der Waals surface area contributed by atoms with E-state index < -0.39 is 10.0 Å². The number of aromatic nitrogens is 1. The number of hydrogen-bond acceptors (Lipinski definition) is 4. The van der Waals surface area contributed by atoms with Crippen molar-refractivity contribution in [2.45, 2.75) is 24.3 Å². The third-order valence-corrected chi connectivity index (χ3v) is 8.23. The van der Waals surface area contributed by atoms with Crippen LogP contribution in [0.15, 0.2) is 65.0 Å². The van der Waals surface area contributed by atoms with Gasteiger partial charge in [-0.25, -0.2) is 16.8 Å². The van der Waals surface area contributed by atoms with Crippen molar-refractivity contribution in [1.82, 2.24) is 9.29 Å². The molecule has 1 N–H and O–H groups in total. The SMILES string of the molecule is CC1CC(c2cn(S(=O)(=O)c3csc4ccccc34)c3ccc(F)cc23)=CCN1. The predicted octanol–water partition coefficient (Wildman–Crippen LogP) is 5.00. The zero-order chi connectivity index (χ0) is 20.2. The summed E-state index contributed by atoms with van der Waals surface area (Å²) in [7, 11) is -3.83. The fraction of sp³-hybridized carbons (Fsp3) is 0.182. The van der Waals surface area contributed by atoms with Crippen LogP contribution in [0.25, 0.3) is 26.6 Å². The summed E-state index contributed by atoms with van der Waals surface area (Å²) in [5, 5.41) is 6.35. The molecule has 0 aliphatic carbocycles. The van der Waals surface area contributed by atoms with E-state index in [4.69, 9.17) is 0 Å². The molecule has 0 saturated heterocycles. The van der Waals surface area contributed by atoms with Crippen molar-refractivity contribution in [2.75, 3.05) is 6.54 Å². The standard InChI is InChI=1S/C22H19FN2O2S2/c1-14-10-15(8-9-24-14)19-12-25(20-7-6-16(23)11-18(19)20)29(26,27)22-13-28-21-5-3-2-4-17(21)22/h2-8,11-14,24H,9-10H2,1H3. The Kier molecular flexibility index (Phi) is 4.34. The Labute approximate surface area is 172 Å². The first-order valence-corrected chi connectivity index (χ1v) is 11.7. The van der Waals surface area contributed by atoms with E-state index in [-0.39, 0.29) is 16.8 Å². The lowest BCUT2D eigenvalue weighted by molar-refractivity contribution is 0.579. The van der Waals surface area contributed by atoms with E-state index in [0.717, 1.165) is 22.3 Å². The highest BCUT2D eigenvalue weighted by atomic mass is 32.2. The van der Waals surface area contributed by atoms with Crippen LogP contribution in [0.2, 0.25) is 0 Å². The van der Waals surface area contributed by atoms with Crippen molar-refractivity contribution in [3.05, 3.63) is 71.5 Å². The van der Waals surface area contributed by atoms with E-state index in [1.54, 1.807) is 17.6 Å². The first kappa shape index (κ1) is 18.5. The van der Waals surface area contributed by atoms with E-state index in [9.17, 15) is 12.8 Å². The number of hydrogen-bond donors (Lipinski definition) is 1. The lowest BCUT2D eigenvalue weighted by atomic mass is 9.96. The van der Waals surface area contributed by atoms with Crippen LogP contribution in [-0.4, -0.2) is 25.0 Å². The van der Waals surface area contributed by atoms with Crippen LogP contribution in [0.4, 0.5) is 4.39 Å². The van der Waals surface area contributed by atoms with Gasteiger partial charge in [-0.15, -0.1) is 11.3 Å². The third kappa shape index (κ3) is 3.01. The van der Waals surface area contributed by atoms with Gasteiger partial charge in [-0.1, -0.05) is 24.3 Å². The molecule has 148 valence electrons. The first-order chi connectivity index (χ1) is 13.9. The third-order valence-electron chi connectivity index (χ3n) is 5.40. The van der Waals surface area contributed by atoms with Crippen LogP contribution in [0, 0.1) is 5.82 Å². The summed E-state index contributed by atoms with van der Waals surface area (Å²) in [5.41, 5.74) is 2.30. The molecule has 0 bridgehead atoms. The molecular weight excluding hydrogens is 407 g/mol. The van der Waals surface area contributed by atoms with Crippen molar-refractivity contribution in [1.29, 1.82) is 0 Å². The van der Waals surface area contributed by atoms with Crippen LogP contribution < -0.4 is 5.32 Å². The van der Waals surface area contributed by atoms with E-state index in [0.29, 0.717) is 22.8 Å². The van der Waals surface area contributed by atoms with Crippen LogP contribution in [0.3, 0.4) is 0 Å². The molecule has 1 unspecified atom stereocenters. The van der Waals surface area contributed by atoms with Gasteiger partial charge in [0.05, 0.1) is 5.52 Å². The quantitative estimate of drug-likeness (QED) is 0.502. The van der Waals surface area contributed by atoms with Crippen molar-refractivity contribution in [3.63, 3.8) is 0 Å². The molecular formula is C22H19FN2O2S2.